The van der Waals surface area contributed by atoms with Gasteiger partial charge in [0.05, 0.1) is 0 Å². The van der Waals surface area contributed by atoms with Crippen LogP contribution in [0.4, 0.5) is 3.89 Å². The van der Waals surface area contributed by atoms with E-state index in [1.54, 1.807) is 6.07 Å². The largest absolute Gasteiger partial charge is 0.332 e. The zero-order chi connectivity index (χ0) is 10.1. The highest BCUT2D eigenvalue weighted by atomic mass is 32.3. The normalized spacial score (nSPS) is 11.6. The van der Waals surface area contributed by atoms with E-state index < -0.39 is 10.2 Å². The van der Waals surface area contributed by atoms with Gasteiger partial charge in [-0.2, -0.15) is 8.42 Å². The molecule has 1 aromatic carbocycles. The number of rotatable bonds is 2. The number of benzene rings is 1. The van der Waals surface area contributed by atoms with E-state index in [-0.39, 0.29) is 11.4 Å². The fourth-order valence-corrected chi connectivity index (χ4v) is 1.78. The van der Waals surface area contributed by atoms with E-state index in [2.05, 4.69) is 0 Å². The monoisotopic (exact) mass is 203 g/mol. The van der Waals surface area contributed by atoms with E-state index in [1.807, 2.05) is 0 Å². The minimum Gasteiger partial charge on any atom is -0.326 e. The quantitative estimate of drug-likeness (QED) is 0.732. The molecule has 0 saturated heterocycles. The Bertz CT molecular complexity index is 414. The van der Waals surface area contributed by atoms with Crippen molar-refractivity contribution in [3.05, 3.63) is 29.3 Å². The number of halogens is 1. The van der Waals surface area contributed by atoms with Gasteiger partial charge in [0.2, 0.25) is 0 Å². The van der Waals surface area contributed by atoms with Gasteiger partial charge in [-0.3, -0.25) is 0 Å². The van der Waals surface area contributed by atoms with Gasteiger partial charge in [-0.1, -0.05) is 12.1 Å². The first-order chi connectivity index (χ1) is 5.95. The van der Waals surface area contributed by atoms with Crippen LogP contribution in [0, 0.1) is 6.92 Å². The van der Waals surface area contributed by atoms with Gasteiger partial charge >= 0.3 is 10.2 Å². The zero-order valence-corrected chi connectivity index (χ0v) is 7.94. The van der Waals surface area contributed by atoms with Crippen molar-refractivity contribution in [3.63, 3.8) is 0 Å². The minimum absolute atomic E-state index is 0.197. The molecule has 0 heterocycles. The molecule has 0 atom stereocenters. The molecule has 1 rings (SSSR count). The molecule has 0 saturated carbocycles. The maximum atomic E-state index is 12.6. The number of aryl methyl sites for hydroxylation is 1. The number of hydrogen-bond donors (Lipinski definition) is 1. The summed E-state index contributed by atoms with van der Waals surface area (Å²) in [6, 6.07) is 4.46. The second kappa shape index (κ2) is 3.43. The summed E-state index contributed by atoms with van der Waals surface area (Å²) >= 11 is 0. The first kappa shape index (κ1) is 10.1. The van der Waals surface area contributed by atoms with Gasteiger partial charge in [0.15, 0.2) is 0 Å². The van der Waals surface area contributed by atoms with Gasteiger partial charge in [0.25, 0.3) is 0 Å². The summed E-state index contributed by atoms with van der Waals surface area (Å²) in [4.78, 5) is -0.296. The van der Waals surface area contributed by atoms with Crippen LogP contribution in [0.1, 0.15) is 11.1 Å². The summed E-state index contributed by atoms with van der Waals surface area (Å²) < 4.78 is 33.9. The SMILES string of the molecule is Cc1ccc(CN)cc1S(=O)(=O)F. The van der Waals surface area contributed by atoms with E-state index in [0.717, 1.165) is 0 Å². The Morgan fingerprint density at radius 2 is 2.08 bits per heavy atom. The molecule has 0 aromatic heterocycles. The van der Waals surface area contributed by atoms with Crippen molar-refractivity contribution in [3.8, 4) is 0 Å². The summed E-state index contributed by atoms with van der Waals surface area (Å²) in [6.45, 7) is 1.73. The average molecular weight is 203 g/mol. The van der Waals surface area contributed by atoms with E-state index in [9.17, 15) is 12.3 Å². The molecule has 5 heteroatoms. The molecule has 0 unspecified atom stereocenters. The summed E-state index contributed by atoms with van der Waals surface area (Å²) in [5, 5.41) is 0. The number of hydrogen-bond acceptors (Lipinski definition) is 3. The van der Waals surface area contributed by atoms with E-state index in [4.69, 9.17) is 5.73 Å². The van der Waals surface area contributed by atoms with Crippen molar-refractivity contribution in [2.75, 3.05) is 0 Å². The van der Waals surface area contributed by atoms with Gasteiger partial charge in [-0.05, 0) is 24.1 Å². The van der Waals surface area contributed by atoms with Crippen molar-refractivity contribution in [1.82, 2.24) is 0 Å². The molecular weight excluding hydrogens is 193 g/mol. The minimum atomic E-state index is -4.62. The van der Waals surface area contributed by atoms with Crippen molar-refractivity contribution >= 4 is 10.2 Å². The van der Waals surface area contributed by atoms with E-state index >= 15 is 0 Å². The second-order valence-electron chi connectivity index (χ2n) is 2.74. The highest BCUT2D eigenvalue weighted by Crippen LogP contribution is 2.18. The van der Waals surface area contributed by atoms with Gasteiger partial charge < -0.3 is 5.73 Å². The highest BCUT2D eigenvalue weighted by molar-refractivity contribution is 7.86. The molecule has 0 amide bonds. The maximum absolute atomic E-state index is 12.6. The van der Waals surface area contributed by atoms with Gasteiger partial charge in [-0.15, -0.1) is 3.89 Å². The number of nitrogens with two attached hydrogens (primary N) is 1. The van der Waals surface area contributed by atoms with Crippen LogP contribution < -0.4 is 5.73 Å². The first-order valence-corrected chi connectivity index (χ1v) is 5.08. The summed E-state index contributed by atoms with van der Waals surface area (Å²) in [6.07, 6.45) is 0. The van der Waals surface area contributed by atoms with Crippen LogP contribution >= 0.6 is 0 Å². The second-order valence-corrected chi connectivity index (χ2v) is 4.06. The fraction of sp³-hybridized carbons (Fsp3) is 0.250. The van der Waals surface area contributed by atoms with Crippen molar-refractivity contribution < 1.29 is 12.3 Å². The lowest BCUT2D eigenvalue weighted by molar-refractivity contribution is 0.551. The smallest absolute Gasteiger partial charge is 0.326 e. The van der Waals surface area contributed by atoms with Crippen molar-refractivity contribution in [2.45, 2.75) is 18.4 Å². The van der Waals surface area contributed by atoms with E-state index in [0.29, 0.717) is 11.1 Å². The zero-order valence-electron chi connectivity index (χ0n) is 7.12. The lowest BCUT2D eigenvalue weighted by Gasteiger charge is -2.02. The van der Waals surface area contributed by atoms with Crippen molar-refractivity contribution in [2.24, 2.45) is 5.73 Å². The summed E-state index contributed by atoms with van der Waals surface area (Å²) in [7, 11) is -4.62. The lowest BCUT2D eigenvalue weighted by atomic mass is 10.1. The van der Waals surface area contributed by atoms with Crippen LogP contribution in [-0.4, -0.2) is 8.42 Å². The molecule has 1 aromatic rings. The lowest BCUT2D eigenvalue weighted by Crippen LogP contribution is -2.01. The molecular formula is C8H10FNO2S. The Labute approximate surface area is 76.6 Å². The van der Waals surface area contributed by atoms with Crippen LogP contribution in [0.2, 0.25) is 0 Å². The molecule has 0 aliphatic carbocycles. The molecule has 3 nitrogen and oxygen atoms in total. The van der Waals surface area contributed by atoms with Gasteiger partial charge in [0, 0.05) is 6.54 Å². The molecule has 0 fully saturated rings. The average Bonchev–Trinajstić information content (AvgIpc) is 2.03. The van der Waals surface area contributed by atoms with Crippen molar-refractivity contribution in [1.29, 1.82) is 0 Å². The third-order valence-corrected chi connectivity index (χ3v) is 2.72. The molecule has 0 spiro atoms. The standard InChI is InChI=1S/C8H10FNO2S/c1-6-2-3-7(5-10)4-8(6)13(9,11)12/h2-4H,5,10H2,1H3. The Balaban J connectivity index is 3.36. The molecule has 0 bridgehead atoms. The van der Waals surface area contributed by atoms with Crippen LogP contribution in [-0.2, 0) is 16.8 Å². The van der Waals surface area contributed by atoms with Crippen LogP contribution in [0.15, 0.2) is 23.1 Å². The third kappa shape index (κ3) is 2.26. The Kier molecular flexibility index (Phi) is 2.68. The summed E-state index contributed by atoms with van der Waals surface area (Å²) in [5.74, 6) is 0. The van der Waals surface area contributed by atoms with Crippen LogP contribution in [0.25, 0.3) is 0 Å². The van der Waals surface area contributed by atoms with Gasteiger partial charge in [-0.25, -0.2) is 0 Å². The molecule has 0 aliphatic rings. The molecule has 72 valence electrons. The highest BCUT2D eigenvalue weighted by Gasteiger charge is 2.14. The summed E-state index contributed by atoms with van der Waals surface area (Å²) in [5.41, 5.74) is 6.28. The Hall–Kier alpha value is -0.940. The Morgan fingerprint density at radius 1 is 1.46 bits per heavy atom. The topological polar surface area (TPSA) is 60.2 Å². The molecule has 13 heavy (non-hydrogen) atoms. The molecule has 2 N–H and O–H groups in total. The molecule has 0 radical (unpaired) electrons. The molecule has 0 aliphatic heterocycles. The predicted octanol–water partition coefficient (Wildman–Crippen LogP) is 1.11. The van der Waals surface area contributed by atoms with E-state index in [1.165, 1.54) is 19.1 Å². The predicted molar refractivity (Wildman–Crippen MR) is 47.4 cm³/mol. The van der Waals surface area contributed by atoms with Crippen LogP contribution in [0.3, 0.4) is 0 Å². The van der Waals surface area contributed by atoms with Gasteiger partial charge in [0.1, 0.15) is 4.90 Å². The Morgan fingerprint density at radius 3 is 2.54 bits per heavy atom. The first-order valence-electron chi connectivity index (χ1n) is 3.69. The third-order valence-electron chi connectivity index (χ3n) is 1.75. The maximum Gasteiger partial charge on any atom is 0.332 e. The van der Waals surface area contributed by atoms with Crippen LogP contribution in [0.5, 0.6) is 0 Å². The fourth-order valence-electron chi connectivity index (χ4n) is 1.03.